The Labute approximate surface area is 93.6 Å². The molecule has 0 bridgehead atoms. The number of carbonyl (C=O) groups excluding carboxylic acids is 1. The number of aliphatic hydroxyl groups excluding tert-OH is 1. The van der Waals surface area contributed by atoms with Gasteiger partial charge >= 0.3 is 0 Å². The predicted octanol–water partition coefficient (Wildman–Crippen LogP) is -0.269. The number of allylic oxidation sites excluding steroid dienone is 1. The van der Waals surface area contributed by atoms with E-state index in [9.17, 15) is 9.90 Å². The highest BCUT2D eigenvalue weighted by atomic mass is 16.3. The zero-order chi connectivity index (χ0) is 11.6. The van der Waals surface area contributed by atoms with Crippen molar-refractivity contribution >= 4 is 12.1 Å². The summed E-state index contributed by atoms with van der Waals surface area (Å²) < 4.78 is 0. The number of hydrogen-bond donors (Lipinski definition) is 4. The van der Waals surface area contributed by atoms with E-state index in [1.165, 1.54) is 12.3 Å². The van der Waals surface area contributed by atoms with Gasteiger partial charge in [0.2, 0.25) is 0 Å². The van der Waals surface area contributed by atoms with Crippen molar-refractivity contribution < 1.29 is 9.90 Å². The van der Waals surface area contributed by atoms with Crippen LogP contribution >= 0.6 is 0 Å². The number of nitrogens with zero attached hydrogens (tertiary/aromatic N) is 1. The lowest BCUT2D eigenvalue weighted by molar-refractivity contribution is -0.128. The van der Waals surface area contributed by atoms with Gasteiger partial charge in [-0.3, -0.25) is 10.5 Å². The molecule has 1 fully saturated rings. The molecule has 0 radical (unpaired) electrons. The van der Waals surface area contributed by atoms with Gasteiger partial charge < -0.3 is 15.7 Å². The highest BCUT2D eigenvalue weighted by Crippen LogP contribution is 2.18. The van der Waals surface area contributed by atoms with Crippen LogP contribution in [0.3, 0.4) is 0 Å². The van der Waals surface area contributed by atoms with Crippen molar-refractivity contribution in [1.29, 1.82) is 0 Å². The Morgan fingerprint density at radius 2 is 2.31 bits per heavy atom. The molecule has 0 aromatic rings. The van der Waals surface area contributed by atoms with Gasteiger partial charge in [0.15, 0.2) is 5.88 Å². The summed E-state index contributed by atoms with van der Waals surface area (Å²) in [5.41, 5.74) is 5.75. The molecule has 1 atom stereocenters. The van der Waals surface area contributed by atoms with E-state index in [0.717, 1.165) is 25.7 Å². The van der Waals surface area contributed by atoms with Crippen LogP contribution in [0.1, 0.15) is 25.7 Å². The van der Waals surface area contributed by atoms with Gasteiger partial charge in [0.05, 0.1) is 0 Å². The third kappa shape index (κ3) is 2.16. The van der Waals surface area contributed by atoms with Crippen LogP contribution in [-0.2, 0) is 4.79 Å². The summed E-state index contributed by atoms with van der Waals surface area (Å²) in [6.45, 7) is 0. The molecule has 6 nitrogen and oxygen atoms in total. The molecule has 16 heavy (non-hydrogen) atoms. The molecule has 1 aliphatic carbocycles. The van der Waals surface area contributed by atoms with E-state index in [-0.39, 0.29) is 11.9 Å². The molecule has 88 valence electrons. The van der Waals surface area contributed by atoms with E-state index in [4.69, 9.17) is 5.73 Å². The average molecular weight is 224 g/mol. The molecule has 0 spiro atoms. The normalized spacial score (nSPS) is 29.7. The van der Waals surface area contributed by atoms with Gasteiger partial charge in [0, 0.05) is 18.3 Å². The van der Waals surface area contributed by atoms with Crippen molar-refractivity contribution in [2.75, 3.05) is 0 Å². The topological polar surface area (TPSA) is 99.7 Å². The monoisotopic (exact) mass is 224 g/mol. The van der Waals surface area contributed by atoms with Crippen molar-refractivity contribution in [3.63, 3.8) is 0 Å². The first kappa shape index (κ1) is 10.9. The van der Waals surface area contributed by atoms with Gasteiger partial charge in [-0.1, -0.05) is 12.8 Å². The van der Waals surface area contributed by atoms with Crippen LogP contribution in [-0.4, -0.2) is 29.1 Å². The van der Waals surface area contributed by atoms with Crippen LogP contribution in [0.2, 0.25) is 0 Å². The number of aliphatic hydroxyl groups is 1. The Kier molecular flexibility index (Phi) is 2.82. The van der Waals surface area contributed by atoms with Crippen molar-refractivity contribution in [3.05, 3.63) is 12.0 Å². The van der Waals surface area contributed by atoms with Crippen LogP contribution in [0.4, 0.5) is 0 Å². The highest BCUT2D eigenvalue weighted by Gasteiger charge is 2.36. The van der Waals surface area contributed by atoms with E-state index in [0.29, 0.717) is 0 Å². The summed E-state index contributed by atoms with van der Waals surface area (Å²) in [7, 11) is 0. The molecule has 0 aromatic heterocycles. The molecule has 0 saturated heterocycles. The third-order valence-corrected chi connectivity index (χ3v) is 2.87. The molecule has 2 rings (SSSR count). The Balaban J connectivity index is 1.98. The van der Waals surface area contributed by atoms with Gasteiger partial charge in [-0.05, 0) is 12.8 Å². The largest absolute Gasteiger partial charge is 0.495 e. The van der Waals surface area contributed by atoms with Gasteiger partial charge in [0.1, 0.15) is 0 Å². The van der Waals surface area contributed by atoms with Crippen molar-refractivity contribution in [2.24, 2.45) is 10.7 Å². The smallest absolute Gasteiger partial charge is 0.284 e. The number of aliphatic imine (C=N–C) groups is 1. The van der Waals surface area contributed by atoms with Gasteiger partial charge in [0.25, 0.3) is 11.7 Å². The number of nitrogens with one attached hydrogen (secondary N) is 2. The van der Waals surface area contributed by atoms with E-state index in [1.54, 1.807) is 0 Å². The lowest BCUT2D eigenvalue weighted by atomic mass is 10.2. The molecule has 1 unspecified atom stereocenters. The third-order valence-electron chi connectivity index (χ3n) is 2.87. The molecule has 1 saturated carbocycles. The molecule has 6 heteroatoms. The first-order valence-electron chi connectivity index (χ1n) is 5.43. The Hall–Kier alpha value is -1.56. The minimum atomic E-state index is -1.58. The Morgan fingerprint density at radius 1 is 1.62 bits per heavy atom. The van der Waals surface area contributed by atoms with Gasteiger partial charge in [-0.2, -0.15) is 0 Å². The molecule has 1 aliphatic heterocycles. The molecule has 5 N–H and O–H groups in total. The molecule has 2 aliphatic rings. The second kappa shape index (κ2) is 4.13. The summed E-state index contributed by atoms with van der Waals surface area (Å²) in [4.78, 5) is 15.7. The summed E-state index contributed by atoms with van der Waals surface area (Å²) in [5.74, 6) is -2.14. The van der Waals surface area contributed by atoms with Crippen LogP contribution in [0.5, 0.6) is 0 Å². The van der Waals surface area contributed by atoms with Crippen molar-refractivity contribution in [1.82, 2.24) is 10.6 Å². The maximum atomic E-state index is 11.9. The van der Waals surface area contributed by atoms with Gasteiger partial charge in [-0.25, -0.2) is 4.99 Å². The fraction of sp³-hybridized carbons (Fsp3) is 0.600. The number of hydrogen-bond acceptors (Lipinski definition) is 5. The fourth-order valence-electron chi connectivity index (χ4n) is 1.98. The fourth-order valence-corrected chi connectivity index (χ4v) is 1.98. The maximum Gasteiger partial charge on any atom is 0.284 e. The second-order valence-electron chi connectivity index (χ2n) is 4.18. The van der Waals surface area contributed by atoms with E-state index in [2.05, 4.69) is 15.6 Å². The Bertz CT molecular complexity index is 347. The number of amides is 1. The van der Waals surface area contributed by atoms with Crippen LogP contribution in [0.25, 0.3) is 0 Å². The van der Waals surface area contributed by atoms with E-state index >= 15 is 0 Å². The van der Waals surface area contributed by atoms with E-state index < -0.39 is 11.7 Å². The quantitative estimate of drug-likeness (QED) is 0.519. The number of carbonyl (C=O) groups is 1. The first-order valence-corrected chi connectivity index (χ1v) is 5.43. The maximum absolute atomic E-state index is 11.9. The summed E-state index contributed by atoms with van der Waals surface area (Å²) in [6, 6.07) is 0.179. The second-order valence-corrected chi connectivity index (χ2v) is 4.18. The molecular formula is C10H16N4O2. The number of nitrogens with two attached hydrogens (primary N) is 1. The first-order chi connectivity index (χ1) is 7.60. The molecule has 1 amide bonds. The number of rotatable bonds is 2. The lowest BCUT2D eigenvalue weighted by Crippen LogP contribution is -2.63. The molecular weight excluding hydrogens is 208 g/mol. The standard InChI is InChI=1S/C10H16N4O2/c11-10(12-6-5-8(15)14-10)9(16)13-7-3-1-2-4-7/h5-7,14-15H,1-4,11H2,(H,13,16). The summed E-state index contributed by atoms with van der Waals surface area (Å²) in [5, 5.41) is 14.5. The minimum absolute atomic E-state index is 0.154. The lowest BCUT2D eigenvalue weighted by Gasteiger charge is -2.28. The van der Waals surface area contributed by atoms with Gasteiger partial charge in [-0.15, -0.1) is 0 Å². The Morgan fingerprint density at radius 3 is 2.94 bits per heavy atom. The van der Waals surface area contributed by atoms with Crippen LogP contribution < -0.4 is 16.4 Å². The highest BCUT2D eigenvalue weighted by molar-refractivity contribution is 5.89. The van der Waals surface area contributed by atoms with Crippen molar-refractivity contribution in [2.45, 2.75) is 37.5 Å². The van der Waals surface area contributed by atoms with Crippen molar-refractivity contribution in [3.8, 4) is 0 Å². The minimum Gasteiger partial charge on any atom is -0.495 e. The summed E-state index contributed by atoms with van der Waals surface area (Å²) in [6.07, 6.45) is 6.88. The molecule has 0 aromatic carbocycles. The average Bonchev–Trinajstić information content (AvgIpc) is 2.70. The van der Waals surface area contributed by atoms with E-state index in [1.807, 2.05) is 0 Å². The van der Waals surface area contributed by atoms with Crippen LogP contribution in [0, 0.1) is 0 Å². The zero-order valence-electron chi connectivity index (χ0n) is 8.94. The predicted molar refractivity (Wildman–Crippen MR) is 59.7 cm³/mol. The molecule has 1 heterocycles. The summed E-state index contributed by atoms with van der Waals surface area (Å²) >= 11 is 0. The SMILES string of the molecule is NC1(C(=O)NC2CCCC2)N=CC=C(O)N1. The zero-order valence-corrected chi connectivity index (χ0v) is 8.94. The van der Waals surface area contributed by atoms with Crippen LogP contribution in [0.15, 0.2) is 17.0 Å².